The number of nitrogens with zero attached hydrogens (tertiary/aromatic N) is 1. The molecule has 1 heterocycles. The van der Waals surface area contributed by atoms with Gasteiger partial charge in [0.15, 0.2) is 0 Å². The second kappa shape index (κ2) is 10.3. The molecule has 0 aromatic heterocycles. The van der Waals surface area contributed by atoms with Gasteiger partial charge in [0.05, 0.1) is 10.5 Å². The number of hydrogen-bond acceptors (Lipinski definition) is 5. The van der Waals surface area contributed by atoms with Crippen LogP contribution in [0.25, 0.3) is 0 Å². The Balaban J connectivity index is 0.00000261. The molecule has 0 spiro atoms. The number of benzene rings is 2. The second-order valence-electron chi connectivity index (χ2n) is 6.28. The Bertz CT molecular complexity index is 783. The van der Waals surface area contributed by atoms with Crippen LogP contribution in [0.1, 0.15) is 23.2 Å². The Morgan fingerprint density at radius 3 is 2.70 bits per heavy atom. The summed E-state index contributed by atoms with van der Waals surface area (Å²) in [6, 6.07) is 14.1. The molecule has 6 nitrogen and oxygen atoms in total. The standard InChI is InChI=1S/C19H21N3O3S.ClH/c23-19(21-13-14-5-4-10-20-12-14)17-11-15(22(24)25)8-9-18(17)26-16-6-2-1-3-7-16;/h1-3,6-9,11,14,20H,4-5,10,12-13H2,(H,21,23);1H. The first kappa shape index (κ1) is 21.2. The highest BCUT2D eigenvalue weighted by Gasteiger charge is 2.19. The lowest BCUT2D eigenvalue weighted by Crippen LogP contribution is -2.38. The van der Waals surface area contributed by atoms with Gasteiger partial charge < -0.3 is 10.6 Å². The predicted octanol–water partition coefficient (Wildman–Crippen LogP) is 3.90. The van der Waals surface area contributed by atoms with Crippen molar-refractivity contribution in [3.8, 4) is 0 Å². The van der Waals surface area contributed by atoms with E-state index < -0.39 is 4.92 Å². The van der Waals surface area contributed by atoms with E-state index in [0.717, 1.165) is 30.8 Å². The zero-order valence-electron chi connectivity index (χ0n) is 14.7. The van der Waals surface area contributed by atoms with Crippen LogP contribution < -0.4 is 10.6 Å². The van der Waals surface area contributed by atoms with Crippen molar-refractivity contribution >= 4 is 35.8 Å². The van der Waals surface area contributed by atoms with Crippen molar-refractivity contribution in [3.05, 3.63) is 64.2 Å². The molecule has 1 fully saturated rings. The van der Waals surface area contributed by atoms with Crippen molar-refractivity contribution in [2.75, 3.05) is 19.6 Å². The zero-order chi connectivity index (χ0) is 18.4. The first-order valence-corrected chi connectivity index (χ1v) is 9.45. The third kappa shape index (κ3) is 5.95. The van der Waals surface area contributed by atoms with E-state index in [1.165, 1.54) is 23.9 Å². The van der Waals surface area contributed by atoms with E-state index in [2.05, 4.69) is 10.6 Å². The highest BCUT2D eigenvalue weighted by atomic mass is 35.5. The molecule has 1 amide bonds. The lowest BCUT2D eigenvalue weighted by atomic mass is 9.99. The Kier molecular flexibility index (Phi) is 8.09. The Labute approximate surface area is 168 Å². The van der Waals surface area contributed by atoms with E-state index in [1.807, 2.05) is 30.3 Å². The number of nitro groups is 1. The molecule has 0 radical (unpaired) electrons. The van der Waals surface area contributed by atoms with Gasteiger partial charge in [-0.1, -0.05) is 30.0 Å². The number of nitro benzene ring substituents is 1. The number of rotatable bonds is 6. The molecule has 1 aliphatic heterocycles. The van der Waals surface area contributed by atoms with E-state index in [4.69, 9.17) is 0 Å². The van der Waals surface area contributed by atoms with Crippen molar-refractivity contribution in [1.82, 2.24) is 10.6 Å². The summed E-state index contributed by atoms with van der Waals surface area (Å²) in [5, 5.41) is 17.4. The molecule has 27 heavy (non-hydrogen) atoms. The molecule has 0 saturated carbocycles. The molecule has 2 aromatic carbocycles. The molecule has 8 heteroatoms. The summed E-state index contributed by atoms with van der Waals surface area (Å²) in [6.07, 6.45) is 2.18. The largest absolute Gasteiger partial charge is 0.352 e. The average Bonchev–Trinajstić information content (AvgIpc) is 2.68. The number of carbonyl (C=O) groups is 1. The Morgan fingerprint density at radius 1 is 1.26 bits per heavy atom. The van der Waals surface area contributed by atoms with Crippen LogP contribution in [0.5, 0.6) is 0 Å². The topological polar surface area (TPSA) is 84.3 Å². The van der Waals surface area contributed by atoms with Gasteiger partial charge >= 0.3 is 0 Å². The summed E-state index contributed by atoms with van der Waals surface area (Å²) in [4.78, 5) is 25.0. The van der Waals surface area contributed by atoms with Crippen LogP contribution in [0.15, 0.2) is 58.3 Å². The first-order valence-electron chi connectivity index (χ1n) is 8.64. The van der Waals surface area contributed by atoms with Crippen LogP contribution in [0.4, 0.5) is 5.69 Å². The van der Waals surface area contributed by atoms with Crippen molar-refractivity contribution in [1.29, 1.82) is 0 Å². The molecule has 1 aliphatic rings. The van der Waals surface area contributed by atoms with Crippen molar-refractivity contribution < 1.29 is 9.72 Å². The summed E-state index contributed by atoms with van der Waals surface area (Å²) < 4.78 is 0. The maximum atomic E-state index is 12.7. The van der Waals surface area contributed by atoms with Crippen LogP contribution in [-0.2, 0) is 0 Å². The SMILES string of the molecule is Cl.O=C(NCC1CCCNC1)c1cc([N+](=O)[O-])ccc1Sc1ccccc1. The molecule has 2 aromatic rings. The molecule has 1 unspecified atom stereocenters. The van der Waals surface area contributed by atoms with Gasteiger partial charge in [0.1, 0.15) is 0 Å². The molecule has 1 atom stereocenters. The summed E-state index contributed by atoms with van der Waals surface area (Å²) >= 11 is 1.43. The van der Waals surface area contributed by atoms with Gasteiger partial charge in [-0.3, -0.25) is 14.9 Å². The molecule has 0 bridgehead atoms. The van der Waals surface area contributed by atoms with Crippen LogP contribution in [0, 0.1) is 16.0 Å². The molecular weight excluding hydrogens is 386 g/mol. The van der Waals surface area contributed by atoms with E-state index >= 15 is 0 Å². The third-order valence-corrected chi connectivity index (χ3v) is 5.42. The lowest BCUT2D eigenvalue weighted by Gasteiger charge is -2.23. The van der Waals surface area contributed by atoms with Gasteiger partial charge in [0.2, 0.25) is 0 Å². The molecular formula is C19H22ClN3O3S. The zero-order valence-corrected chi connectivity index (χ0v) is 16.4. The summed E-state index contributed by atoms with van der Waals surface area (Å²) in [7, 11) is 0. The maximum absolute atomic E-state index is 12.7. The number of halogens is 1. The monoisotopic (exact) mass is 407 g/mol. The fourth-order valence-electron chi connectivity index (χ4n) is 2.94. The summed E-state index contributed by atoms with van der Waals surface area (Å²) in [6.45, 7) is 2.48. The van der Waals surface area contributed by atoms with Crippen LogP contribution >= 0.6 is 24.2 Å². The minimum atomic E-state index is -0.473. The number of amides is 1. The lowest BCUT2D eigenvalue weighted by molar-refractivity contribution is -0.384. The van der Waals surface area contributed by atoms with Crippen molar-refractivity contribution in [3.63, 3.8) is 0 Å². The second-order valence-corrected chi connectivity index (χ2v) is 7.39. The fourth-order valence-corrected chi connectivity index (χ4v) is 3.89. The molecule has 1 saturated heterocycles. The van der Waals surface area contributed by atoms with Gasteiger partial charge in [-0.05, 0) is 50.0 Å². The van der Waals surface area contributed by atoms with Gasteiger partial charge in [-0.25, -0.2) is 0 Å². The number of hydrogen-bond donors (Lipinski definition) is 2. The van der Waals surface area contributed by atoms with Crippen molar-refractivity contribution in [2.24, 2.45) is 5.92 Å². The minimum absolute atomic E-state index is 0. The maximum Gasteiger partial charge on any atom is 0.270 e. The highest BCUT2D eigenvalue weighted by Crippen LogP contribution is 2.32. The molecule has 0 aliphatic carbocycles. The number of nitrogens with one attached hydrogen (secondary N) is 2. The van der Waals surface area contributed by atoms with E-state index in [9.17, 15) is 14.9 Å². The first-order chi connectivity index (χ1) is 12.6. The van der Waals surface area contributed by atoms with E-state index in [1.54, 1.807) is 6.07 Å². The average molecular weight is 408 g/mol. The Morgan fingerprint density at radius 2 is 2.04 bits per heavy atom. The van der Waals surface area contributed by atoms with Crippen molar-refractivity contribution in [2.45, 2.75) is 22.6 Å². The van der Waals surface area contributed by atoms with Crippen LogP contribution in [0.2, 0.25) is 0 Å². The summed E-state index contributed by atoms with van der Waals surface area (Å²) in [5.74, 6) is 0.134. The summed E-state index contributed by atoms with van der Waals surface area (Å²) in [5.41, 5.74) is 0.267. The number of carbonyl (C=O) groups excluding carboxylic acids is 1. The molecule has 3 rings (SSSR count). The van der Waals surface area contributed by atoms with Crippen LogP contribution in [0.3, 0.4) is 0 Å². The molecule has 144 valence electrons. The van der Waals surface area contributed by atoms with E-state index in [-0.39, 0.29) is 24.0 Å². The fraction of sp³-hybridized carbons (Fsp3) is 0.316. The normalized spacial score (nSPS) is 16.2. The smallest absolute Gasteiger partial charge is 0.270 e. The minimum Gasteiger partial charge on any atom is -0.352 e. The van der Waals surface area contributed by atoms with Gasteiger partial charge in [-0.15, -0.1) is 12.4 Å². The van der Waals surface area contributed by atoms with E-state index in [0.29, 0.717) is 22.9 Å². The third-order valence-electron chi connectivity index (χ3n) is 4.34. The highest BCUT2D eigenvalue weighted by molar-refractivity contribution is 7.99. The Hall–Kier alpha value is -2.09. The quantitative estimate of drug-likeness (QED) is 0.560. The van der Waals surface area contributed by atoms with Gasteiger partial charge in [0.25, 0.3) is 11.6 Å². The predicted molar refractivity (Wildman–Crippen MR) is 109 cm³/mol. The number of piperidine rings is 1. The molecule has 2 N–H and O–H groups in total. The number of non-ortho nitro benzene ring substituents is 1. The van der Waals surface area contributed by atoms with Gasteiger partial charge in [0, 0.05) is 28.5 Å². The van der Waals surface area contributed by atoms with Crippen LogP contribution in [-0.4, -0.2) is 30.5 Å². The van der Waals surface area contributed by atoms with Gasteiger partial charge in [-0.2, -0.15) is 0 Å².